The molecule has 6 heteroatoms. The molecule has 0 unspecified atom stereocenters. The standard InChI is InChI=1S/C21H16BrClFNO2/c22-15-6-9-20(27-11-10-14-4-2-1-3-5-14)17(12-15)21(26)25-16-7-8-19(24)18(23)13-16/h1-9,12-13H,10-11H2,(H,25,26). The topological polar surface area (TPSA) is 38.3 Å². The molecule has 0 saturated carbocycles. The third-order valence-electron chi connectivity index (χ3n) is 3.85. The molecular weight excluding hydrogens is 433 g/mol. The first-order valence-electron chi connectivity index (χ1n) is 8.25. The van der Waals surface area contributed by atoms with Gasteiger partial charge in [-0.3, -0.25) is 4.79 Å². The summed E-state index contributed by atoms with van der Waals surface area (Å²) in [5.74, 6) is -0.435. The number of halogens is 3. The van der Waals surface area contributed by atoms with Gasteiger partial charge in [0.25, 0.3) is 5.91 Å². The molecular formula is C21H16BrClFNO2. The average Bonchev–Trinajstić information content (AvgIpc) is 2.66. The zero-order valence-electron chi connectivity index (χ0n) is 14.2. The maximum atomic E-state index is 13.3. The Kier molecular flexibility index (Phi) is 6.48. The fraction of sp³-hybridized carbons (Fsp3) is 0.0952. The molecule has 1 amide bonds. The van der Waals surface area contributed by atoms with Crippen LogP contribution in [0.2, 0.25) is 5.02 Å². The molecule has 0 aliphatic heterocycles. The second-order valence-corrected chi connectivity index (χ2v) is 7.13. The van der Waals surface area contributed by atoms with E-state index in [2.05, 4.69) is 21.2 Å². The molecule has 1 N–H and O–H groups in total. The Bertz CT molecular complexity index is 950. The number of benzene rings is 3. The van der Waals surface area contributed by atoms with Crippen LogP contribution in [0.1, 0.15) is 15.9 Å². The first-order valence-corrected chi connectivity index (χ1v) is 9.43. The fourth-order valence-corrected chi connectivity index (χ4v) is 3.04. The van der Waals surface area contributed by atoms with Crippen molar-refractivity contribution >= 4 is 39.1 Å². The molecule has 3 rings (SSSR count). The quantitative estimate of drug-likeness (QED) is 0.494. The number of ether oxygens (including phenoxy) is 1. The smallest absolute Gasteiger partial charge is 0.259 e. The first kappa shape index (κ1) is 19.4. The monoisotopic (exact) mass is 447 g/mol. The van der Waals surface area contributed by atoms with Gasteiger partial charge in [0, 0.05) is 16.6 Å². The van der Waals surface area contributed by atoms with Crippen molar-refractivity contribution in [2.24, 2.45) is 0 Å². The van der Waals surface area contributed by atoms with Gasteiger partial charge >= 0.3 is 0 Å². The van der Waals surface area contributed by atoms with Gasteiger partial charge in [0.15, 0.2) is 0 Å². The van der Waals surface area contributed by atoms with E-state index >= 15 is 0 Å². The summed E-state index contributed by atoms with van der Waals surface area (Å²) in [4.78, 5) is 12.7. The van der Waals surface area contributed by atoms with E-state index in [1.807, 2.05) is 36.4 Å². The van der Waals surface area contributed by atoms with E-state index in [1.165, 1.54) is 18.2 Å². The van der Waals surface area contributed by atoms with Gasteiger partial charge in [-0.1, -0.05) is 57.9 Å². The van der Waals surface area contributed by atoms with E-state index in [0.717, 1.165) is 16.5 Å². The second-order valence-electron chi connectivity index (χ2n) is 5.81. The summed E-state index contributed by atoms with van der Waals surface area (Å²) >= 11 is 9.14. The molecule has 0 atom stereocenters. The van der Waals surface area contributed by atoms with Crippen molar-refractivity contribution in [3.63, 3.8) is 0 Å². The molecule has 3 nitrogen and oxygen atoms in total. The van der Waals surface area contributed by atoms with Crippen LogP contribution in [-0.4, -0.2) is 12.5 Å². The molecule has 0 aromatic heterocycles. The Morgan fingerprint density at radius 3 is 2.59 bits per heavy atom. The minimum atomic E-state index is -0.540. The van der Waals surface area contributed by atoms with Crippen molar-refractivity contribution in [1.82, 2.24) is 0 Å². The van der Waals surface area contributed by atoms with Gasteiger partial charge < -0.3 is 10.1 Å². The second kappa shape index (κ2) is 9.02. The molecule has 0 fully saturated rings. The number of carbonyl (C=O) groups excluding carboxylic acids is 1. The van der Waals surface area contributed by atoms with Crippen LogP contribution in [0.3, 0.4) is 0 Å². The summed E-state index contributed by atoms with van der Waals surface area (Å²) in [6.07, 6.45) is 0.728. The Hall–Kier alpha value is -2.37. The molecule has 0 aliphatic carbocycles. The average molecular weight is 449 g/mol. The lowest BCUT2D eigenvalue weighted by molar-refractivity contribution is 0.102. The number of hydrogen-bond donors (Lipinski definition) is 1. The zero-order chi connectivity index (χ0) is 19.2. The Balaban J connectivity index is 1.72. The minimum absolute atomic E-state index is 0.0543. The van der Waals surface area contributed by atoms with Crippen LogP contribution in [0.25, 0.3) is 0 Å². The molecule has 0 radical (unpaired) electrons. The van der Waals surface area contributed by atoms with Crippen LogP contribution in [-0.2, 0) is 6.42 Å². The Morgan fingerprint density at radius 2 is 1.85 bits per heavy atom. The van der Waals surface area contributed by atoms with Crippen LogP contribution >= 0.6 is 27.5 Å². The molecule has 138 valence electrons. The van der Waals surface area contributed by atoms with Crippen molar-refractivity contribution in [2.75, 3.05) is 11.9 Å². The van der Waals surface area contributed by atoms with Crippen molar-refractivity contribution in [1.29, 1.82) is 0 Å². The number of carbonyl (C=O) groups is 1. The summed E-state index contributed by atoms with van der Waals surface area (Å²) in [7, 11) is 0. The van der Waals surface area contributed by atoms with E-state index in [0.29, 0.717) is 23.6 Å². The highest BCUT2D eigenvalue weighted by atomic mass is 79.9. The third kappa shape index (κ3) is 5.31. The lowest BCUT2D eigenvalue weighted by atomic mass is 10.1. The van der Waals surface area contributed by atoms with Gasteiger partial charge in [-0.15, -0.1) is 0 Å². The Morgan fingerprint density at radius 1 is 1.07 bits per heavy atom. The summed E-state index contributed by atoms with van der Waals surface area (Å²) in [5, 5.41) is 2.66. The van der Waals surface area contributed by atoms with Crippen LogP contribution in [0, 0.1) is 5.82 Å². The van der Waals surface area contributed by atoms with Gasteiger partial charge in [-0.2, -0.15) is 0 Å². The van der Waals surface area contributed by atoms with Crippen molar-refractivity contribution < 1.29 is 13.9 Å². The van der Waals surface area contributed by atoms with Gasteiger partial charge in [0.2, 0.25) is 0 Å². The maximum Gasteiger partial charge on any atom is 0.259 e. The predicted molar refractivity (Wildman–Crippen MR) is 109 cm³/mol. The minimum Gasteiger partial charge on any atom is -0.492 e. The number of rotatable bonds is 6. The summed E-state index contributed by atoms with van der Waals surface area (Å²) < 4.78 is 19.9. The molecule has 0 heterocycles. The summed E-state index contributed by atoms with van der Waals surface area (Å²) in [5.41, 5.74) is 1.93. The van der Waals surface area contributed by atoms with Gasteiger partial charge in [-0.25, -0.2) is 4.39 Å². The van der Waals surface area contributed by atoms with E-state index < -0.39 is 5.82 Å². The predicted octanol–water partition coefficient (Wildman–Crippen LogP) is 6.12. The normalized spacial score (nSPS) is 10.5. The highest BCUT2D eigenvalue weighted by molar-refractivity contribution is 9.10. The van der Waals surface area contributed by atoms with E-state index in [4.69, 9.17) is 16.3 Å². The van der Waals surface area contributed by atoms with Crippen molar-refractivity contribution in [2.45, 2.75) is 6.42 Å². The van der Waals surface area contributed by atoms with Gasteiger partial charge in [0.05, 0.1) is 17.2 Å². The van der Waals surface area contributed by atoms with Crippen molar-refractivity contribution in [3.8, 4) is 5.75 Å². The first-order chi connectivity index (χ1) is 13.0. The number of nitrogens with one attached hydrogen (secondary N) is 1. The third-order valence-corrected chi connectivity index (χ3v) is 4.64. The highest BCUT2D eigenvalue weighted by Crippen LogP contribution is 2.26. The number of anilines is 1. The molecule has 0 aliphatic rings. The summed E-state index contributed by atoms with van der Waals surface area (Å²) in [6, 6.07) is 19.2. The molecule has 0 bridgehead atoms. The lowest BCUT2D eigenvalue weighted by Crippen LogP contribution is -2.14. The molecule has 3 aromatic rings. The van der Waals surface area contributed by atoms with Gasteiger partial charge in [0.1, 0.15) is 11.6 Å². The molecule has 27 heavy (non-hydrogen) atoms. The SMILES string of the molecule is O=C(Nc1ccc(F)c(Cl)c1)c1cc(Br)ccc1OCCc1ccccc1. The molecule has 3 aromatic carbocycles. The zero-order valence-corrected chi connectivity index (χ0v) is 16.6. The van der Waals surface area contributed by atoms with E-state index in [-0.39, 0.29) is 10.9 Å². The van der Waals surface area contributed by atoms with Crippen LogP contribution in [0.15, 0.2) is 71.2 Å². The lowest BCUT2D eigenvalue weighted by Gasteiger charge is -2.13. The fourth-order valence-electron chi connectivity index (χ4n) is 2.50. The Labute approximate surface area is 170 Å². The van der Waals surface area contributed by atoms with Crippen LogP contribution < -0.4 is 10.1 Å². The van der Waals surface area contributed by atoms with Crippen LogP contribution in [0.5, 0.6) is 5.75 Å². The largest absolute Gasteiger partial charge is 0.492 e. The number of amides is 1. The van der Waals surface area contributed by atoms with Gasteiger partial charge in [-0.05, 0) is 42.0 Å². The highest BCUT2D eigenvalue weighted by Gasteiger charge is 2.14. The molecule has 0 spiro atoms. The van der Waals surface area contributed by atoms with E-state index in [9.17, 15) is 9.18 Å². The van der Waals surface area contributed by atoms with Crippen molar-refractivity contribution in [3.05, 3.63) is 93.2 Å². The molecule has 0 saturated heterocycles. The van der Waals surface area contributed by atoms with E-state index in [1.54, 1.807) is 12.1 Å². The van der Waals surface area contributed by atoms with Crippen LogP contribution in [0.4, 0.5) is 10.1 Å². The number of hydrogen-bond acceptors (Lipinski definition) is 2. The maximum absolute atomic E-state index is 13.3. The summed E-state index contributed by atoms with van der Waals surface area (Å²) in [6.45, 7) is 0.439.